The molecular weight excluding hydrogens is 364 g/mol. The number of likely N-dealkylation sites (N-methyl/N-ethyl adjacent to an activating group) is 1. The minimum Gasteiger partial charge on any atom is -0.335 e. The average Bonchev–Trinajstić information content (AvgIpc) is 2.71. The van der Waals surface area contributed by atoms with Crippen LogP contribution in [0.1, 0.15) is 33.5 Å². The molecule has 7 heteroatoms. The van der Waals surface area contributed by atoms with Crippen molar-refractivity contribution < 1.29 is 9.59 Å². The van der Waals surface area contributed by atoms with Gasteiger partial charge < -0.3 is 15.1 Å². The van der Waals surface area contributed by atoms with Gasteiger partial charge in [-0.15, -0.1) is 0 Å². The first kappa shape index (κ1) is 19.3. The molecule has 1 aliphatic rings. The molecule has 0 saturated carbocycles. The number of aromatic nitrogens is 1. The van der Waals surface area contributed by atoms with Crippen LogP contribution in [0.5, 0.6) is 0 Å². The number of carbonyl (C=O) groups is 2. The number of hydrogen-bond acceptors (Lipinski definition) is 4. The van der Waals surface area contributed by atoms with Crippen LogP contribution in [0.15, 0.2) is 36.4 Å². The number of anilines is 1. The molecule has 1 aromatic carbocycles. The zero-order chi connectivity index (χ0) is 19.4. The highest BCUT2D eigenvalue weighted by molar-refractivity contribution is 6.31. The fraction of sp³-hybridized carbons (Fsp3) is 0.350. The third kappa shape index (κ3) is 4.46. The summed E-state index contributed by atoms with van der Waals surface area (Å²) in [6.45, 7) is 7.99. The van der Waals surface area contributed by atoms with Gasteiger partial charge in [0, 0.05) is 36.9 Å². The number of benzene rings is 1. The largest absolute Gasteiger partial charge is 0.335 e. The molecular formula is C20H23ClN4O2. The quantitative estimate of drug-likeness (QED) is 0.877. The molecule has 0 unspecified atom stereocenters. The molecule has 1 saturated heterocycles. The van der Waals surface area contributed by atoms with Crippen LogP contribution in [-0.2, 0) is 0 Å². The van der Waals surface area contributed by atoms with Gasteiger partial charge in [-0.25, -0.2) is 4.98 Å². The number of pyridine rings is 1. The van der Waals surface area contributed by atoms with Gasteiger partial charge in [0.25, 0.3) is 11.8 Å². The van der Waals surface area contributed by atoms with Gasteiger partial charge in [-0.2, -0.15) is 0 Å². The van der Waals surface area contributed by atoms with Gasteiger partial charge in [-0.3, -0.25) is 9.59 Å². The summed E-state index contributed by atoms with van der Waals surface area (Å²) < 4.78 is 0. The van der Waals surface area contributed by atoms with Crippen molar-refractivity contribution >= 4 is 29.1 Å². The topological polar surface area (TPSA) is 65.5 Å². The Kier molecular flexibility index (Phi) is 6.08. The van der Waals surface area contributed by atoms with E-state index in [2.05, 4.69) is 22.1 Å². The first-order chi connectivity index (χ1) is 13.0. The minimum atomic E-state index is -0.370. The summed E-state index contributed by atoms with van der Waals surface area (Å²) in [4.78, 5) is 33.7. The molecule has 2 heterocycles. The fourth-order valence-corrected chi connectivity index (χ4v) is 3.21. The number of hydrogen-bond donors (Lipinski definition) is 1. The molecule has 0 atom stereocenters. The van der Waals surface area contributed by atoms with Crippen molar-refractivity contribution in [2.24, 2.45) is 0 Å². The number of nitrogens with one attached hydrogen (secondary N) is 1. The van der Waals surface area contributed by atoms with E-state index in [4.69, 9.17) is 11.6 Å². The summed E-state index contributed by atoms with van der Waals surface area (Å²) in [5, 5.41) is 3.39. The second-order valence-electron chi connectivity index (χ2n) is 6.50. The summed E-state index contributed by atoms with van der Waals surface area (Å²) in [6.07, 6.45) is 0. The molecule has 1 N–H and O–H groups in total. The molecule has 1 aliphatic heterocycles. The van der Waals surface area contributed by atoms with Crippen molar-refractivity contribution in [3.8, 4) is 0 Å². The molecule has 6 nitrogen and oxygen atoms in total. The lowest BCUT2D eigenvalue weighted by atomic mass is 10.2. The highest BCUT2D eigenvalue weighted by Gasteiger charge is 2.23. The van der Waals surface area contributed by atoms with Crippen LogP contribution in [0.25, 0.3) is 0 Å². The second kappa shape index (κ2) is 8.50. The lowest BCUT2D eigenvalue weighted by molar-refractivity contribution is 0.0637. The van der Waals surface area contributed by atoms with E-state index in [1.807, 2.05) is 6.92 Å². The van der Waals surface area contributed by atoms with E-state index in [9.17, 15) is 9.59 Å². The Bertz CT molecular complexity index is 848. The van der Waals surface area contributed by atoms with Gasteiger partial charge in [0.05, 0.1) is 0 Å². The van der Waals surface area contributed by atoms with Crippen molar-refractivity contribution in [2.45, 2.75) is 13.8 Å². The molecule has 1 aromatic heterocycles. The molecule has 27 heavy (non-hydrogen) atoms. The number of carbonyl (C=O) groups excluding carboxylic acids is 2. The molecule has 2 amide bonds. The first-order valence-corrected chi connectivity index (χ1v) is 9.42. The zero-order valence-electron chi connectivity index (χ0n) is 15.5. The Balaban J connectivity index is 1.72. The third-order valence-electron chi connectivity index (χ3n) is 4.82. The Hall–Kier alpha value is -2.44. The SMILES string of the molecule is CCN1CCN(C(=O)c2cccc(C(=O)Nc3cccc(Cl)c3C)n2)CC1. The van der Waals surface area contributed by atoms with E-state index >= 15 is 0 Å². The molecule has 142 valence electrons. The normalized spacial score (nSPS) is 14.9. The maximum absolute atomic E-state index is 12.7. The average molecular weight is 387 g/mol. The van der Waals surface area contributed by atoms with Crippen LogP contribution in [-0.4, -0.2) is 59.3 Å². The summed E-state index contributed by atoms with van der Waals surface area (Å²) in [5.74, 6) is -0.509. The van der Waals surface area contributed by atoms with E-state index < -0.39 is 0 Å². The first-order valence-electron chi connectivity index (χ1n) is 9.04. The second-order valence-corrected chi connectivity index (χ2v) is 6.91. The fourth-order valence-electron chi connectivity index (χ4n) is 3.04. The summed E-state index contributed by atoms with van der Waals surface area (Å²) in [5.41, 5.74) is 1.90. The lowest BCUT2D eigenvalue weighted by Gasteiger charge is -2.33. The monoisotopic (exact) mass is 386 g/mol. The van der Waals surface area contributed by atoms with Crippen LogP contribution in [0.4, 0.5) is 5.69 Å². The van der Waals surface area contributed by atoms with E-state index in [0.29, 0.717) is 23.8 Å². The predicted octanol–water partition coefficient (Wildman–Crippen LogP) is 3.07. The molecule has 0 radical (unpaired) electrons. The number of nitrogens with zero attached hydrogens (tertiary/aromatic N) is 3. The number of piperazine rings is 1. The summed E-state index contributed by atoms with van der Waals surface area (Å²) in [6, 6.07) is 10.2. The lowest BCUT2D eigenvalue weighted by Crippen LogP contribution is -2.48. The van der Waals surface area contributed by atoms with Crippen molar-refractivity contribution in [1.82, 2.24) is 14.8 Å². The summed E-state index contributed by atoms with van der Waals surface area (Å²) >= 11 is 6.10. The van der Waals surface area contributed by atoms with Gasteiger partial charge in [0.1, 0.15) is 11.4 Å². The van der Waals surface area contributed by atoms with E-state index in [-0.39, 0.29) is 23.2 Å². The van der Waals surface area contributed by atoms with Gasteiger partial charge in [0.2, 0.25) is 0 Å². The predicted molar refractivity (Wildman–Crippen MR) is 106 cm³/mol. The Labute approximate surface area is 164 Å². The van der Waals surface area contributed by atoms with Crippen molar-refractivity contribution in [1.29, 1.82) is 0 Å². The molecule has 3 rings (SSSR count). The van der Waals surface area contributed by atoms with Crippen LogP contribution in [0.2, 0.25) is 5.02 Å². The highest BCUT2D eigenvalue weighted by Crippen LogP contribution is 2.23. The number of amides is 2. The minimum absolute atomic E-state index is 0.140. The molecule has 1 fully saturated rings. The zero-order valence-corrected chi connectivity index (χ0v) is 16.3. The Morgan fingerprint density at radius 3 is 2.44 bits per heavy atom. The maximum Gasteiger partial charge on any atom is 0.274 e. The number of halogens is 1. The van der Waals surface area contributed by atoms with Crippen LogP contribution >= 0.6 is 11.6 Å². The maximum atomic E-state index is 12.7. The molecule has 0 spiro atoms. The Morgan fingerprint density at radius 1 is 1.07 bits per heavy atom. The van der Waals surface area contributed by atoms with Gasteiger partial charge in [0.15, 0.2) is 0 Å². The standard InChI is InChI=1S/C20H23ClN4O2/c1-3-24-10-12-25(13-11-24)20(27)18-9-5-8-17(22-18)19(26)23-16-7-4-6-15(21)14(16)2/h4-9H,3,10-13H2,1-2H3,(H,23,26). The molecule has 0 bridgehead atoms. The van der Waals surface area contributed by atoms with Gasteiger partial charge >= 0.3 is 0 Å². The van der Waals surface area contributed by atoms with Crippen molar-refractivity contribution in [3.05, 3.63) is 58.4 Å². The smallest absolute Gasteiger partial charge is 0.274 e. The third-order valence-corrected chi connectivity index (χ3v) is 5.23. The van der Waals surface area contributed by atoms with E-state index in [1.54, 1.807) is 41.3 Å². The van der Waals surface area contributed by atoms with Crippen molar-refractivity contribution in [3.63, 3.8) is 0 Å². The summed E-state index contributed by atoms with van der Waals surface area (Å²) in [7, 11) is 0. The van der Waals surface area contributed by atoms with E-state index in [0.717, 1.165) is 25.2 Å². The molecule has 2 aromatic rings. The van der Waals surface area contributed by atoms with Crippen LogP contribution < -0.4 is 5.32 Å². The van der Waals surface area contributed by atoms with Gasteiger partial charge in [-0.1, -0.05) is 30.7 Å². The number of rotatable bonds is 4. The van der Waals surface area contributed by atoms with Crippen LogP contribution in [0, 0.1) is 6.92 Å². The Morgan fingerprint density at radius 2 is 1.74 bits per heavy atom. The van der Waals surface area contributed by atoms with Crippen molar-refractivity contribution in [2.75, 3.05) is 38.0 Å². The highest BCUT2D eigenvalue weighted by atomic mass is 35.5. The van der Waals surface area contributed by atoms with E-state index in [1.165, 1.54) is 0 Å². The molecule has 0 aliphatic carbocycles. The van der Waals surface area contributed by atoms with Crippen LogP contribution in [0.3, 0.4) is 0 Å². The van der Waals surface area contributed by atoms with Gasteiger partial charge in [-0.05, 0) is 43.3 Å².